The molecule has 0 bridgehead atoms. The van der Waals surface area contributed by atoms with Crippen LogP contribution in [-0.4, -0.2) is 30.8 Å². The lowest BCUT2D eigenvalue weighted by atomic mass is 10.3. The number of fused-ring (bicyclic) bond motifs is 1. The zero-order valence-electron chi connectivity index (χ0n) is 11.4. The average Bonchev–Trinajstić information content (AvgIpc) is 2.83. The predicted octanol–water partition coefficient (Wildman–Crippen LogP) is 3.31. The van der Waals surface area contributed by atoms with Crippen LogP contribution in [0.5, 0.6) is 0 Å². The molecule has 0 aliphatic rings. The Bertz CT molecular complexity index is 593. The SMILES string of the molecule is CCSCC(C)n1c(=S)[nH]c2c(CC)nn(C)c21. The van der Waals surface area contributed by atoms with E-state index in [0.29, 0.717) is 6.04 Å². The van der Waals surface area contributed by atoms with E-state index in [9.17, 15) is 0 Å². The lowest BCUT2D eigenvalue weighted by Gasteiger charge is -2.13. The summed E-state index contributed by atoms with van der Waals surface area (Å²) >= 11 is 7.40. The van der Waals surface area contributed by atoms with Crippen LogP contribution in [0.25, 0.3) is 11.2 Å². The topological polar surface area (TPSA) is 38.5 Å². The van der Waals surface area contributed by atoms with Gasteiger partial charge in [0, 0.05) is 18.8 Å². The molecule has 6 heteroatoms. The lowest BCUT2D eigenvalue weighted by Crippen LogP contribution is -2.10. The van der Waals surface area contributed by atoms with Gasteiger partial charge in [-0.1, -0.05) is 13.8 Å². The highest BCUT2D eigenvalue weighted by Crippen LogP contribution is 2.23. The number of hydrogen-bond acceptors (Lipinski definition) is 3. The maximum absolute atomic E-state index is 5.46. The van der Waals surface area contributed by atoms with E-state index >= 15 is 0 Å². The highest BCUT2D eigenvalue weighted by atomic mass is 32.2. The Hall–Kier alpha value is -0.750. The third kappa shape index (κ3) is 2.23. The Morgan fingerprint density at radius 2 is 2.17 bits per heavy atom. The van der Waals surface area contributed by atoms with E-state index in [0.717, 1.165) is 39.6 Å². The summed E-state index contributed by atoms with van der Waals surface area (Å²) in [5.74, 6) is 2.21. The van der Waals surface area contributed by atoms with Crippen LogP contribution in [0.15, 0.2) is 0 Å². The first-order chi connectivity index (χ1) is 8.60. The molecule has 2 aromatic rings. The minimum atomic E-state index is 0.385. The van der Waals surface area contributed by atoms with Gasteiger partial charge in [-0.05, 0) is 31.3 Å². The summed E-state index contributed by atoms with van der Waals surface area (Å²) in [6.07, 6.45) is 0.921. The third-order valence-electron chi connectivity index (χ3n) is 3.11. The number of nitrogens with one attached hydrogen (secondary N) is 1. The molecule has 100 valence electrons. The fraction of sp³-hybridized carbons (Fsp3) is 0.667. The minimum Gasteiger partial charge on any atom is -0.328 e. The zero-order chi connectivity index (χ0) is 13.3. The van der Waals surface area contributed by atoms with E-state index in [1.807, 2.05) is 23.5 Å². The quantitative estimate of drug-likeness (QED) is 0.856. The Labute approximate surface area is 117 Å². The van der Waals surface area contributed by atoms with Crippen LogP contribution < -0.4 is 0 Å². The van der Waals surface area contributed by atoms with Gasteiger partial charge in [0.05, 0.1) is 5.69 Å². The van der Waals surface area contributed by atoms with Crippen molar-refractivity contribution in [3.8, 4) is 0 Å². The van der Waals surface area contributed by atoms with Crippen LogP contribution in [0.3, 0.4) is 0 Å². The van der Waals surface area contributed by atoms with Crippen molar-refractivity contribution in [2.75, 3.05) is 11.5 Å². The maximum atomic E-state index is 5.46. The van der Waals surface area contributed by atoms with Crippen LogP contribution in [0, 0.1) is 4.77 Å². The first-order valence-corrected chi connectivity index (χ1v) is 7.90. The molecule has 18 heavy (non-hydrogen) atoms. The smallest absolute Gasteiger partial charge is 0.179 e. The summed E-state index contributed by atoms with van der Waals surface area (Å²) in [6.45, 7) is 6.51. The molecule has 2 aromatic heterocycles. The molecular weight excluding hydrogens is 264 g/mol. The van der Waals surface area contributed by atoms with Gasteiger partial charge in [0.2, 0.25) is 0 Å². The summed E-state index contributed by atoms with van der Waals surface area (Å²) in [5, 5.41) is 4.54. The molecular formula is C12H20N4S2. The molecule has 0 aliphatic heterocycles. The minimum absolute atomic E-state index is 0.385. The maximum Gasteiger partial charge on any atom is 0.179 e. The average molecular weight is 284 g/mol. The van der Waals surface area contributed by atoms with Crippen molar-refractivity contribution in [3.63, 3.8) is 0 Å². The molecule has 0 aliphatic carbocycles. The fourth-order valence-electron chi connectivity index (χ4n) is 2.26. The molecule has 2 heterocycles. The molecule has 0 spiro atoms. The van der Waals surface area contributed by atoms with Crippen molar-refractivity contribution < 1.29 is 0 Å². The molecule has 1 N–H and O–H groups in total. The van der Waals surface area contributed by atoms with E-state index < -0.39 is 0 Å². The molecule has 0 saturated heterocycles. The Kier molecular flexibility index (Phi) is 4.17. The summed E-state index contributed by atoms with van der Waals surface area (Å²) in [4.78, 5) is 3.31. The van der Waals surface area contributed by atoms with E-state index in [1.54, 1.807) is 0 Å². The van der Waals surface area contributed by atoms with Gasteiger partial charge in [0.15, 0.2) is 10.4 Å². The van der Waals surface area contributed by atoms with E-state index in [2.05, 4.69) is 35.4 Å². The van der Waals surface area contributed by atoms with Gasteiger partial charge < -0.3 is 4.98 Å². The van der Waals surface area contributed by atoms with Crippen molar-refractivity contribution in [2.24, 2.45) is 7.05 Å². The lowest BCUT2D eigenvalue weighted by molar-refractivity contribution is 0.595. The van der Waals surface area contributed by atoms with Crippen molar-refractivity contribution in [1.29, 1.82) is 0 Å². The number of aryl methyl sites for hydroxylation is 2. The van der Waals surface area contributed by atoms with Gasteiger partial charge >= 0.3 is 0 Å². The number of hydrogen-bond donors (Lipinski definition) is 1. The summed E-state index contributed by atoms with van der Waals surface area (Å²) < 4.78 is 4.93. The standard InChI is InChI=1S/C12H20N4S2/c1-5-9-10-11(15(4)14-9)16(12(17)13-10)8(3)7-18-6-2/h8H,5-7H2,1-4H3,(H,13,17). The van der Waals surface area contributed by atoms with E-state index in [-0.39, 0.29) is 0 Å². The molecule has 0 amide bonds. The zero-order valence-corrected chi connectivity index (χ0v) is 13.0. The largest absolute Gasteiger partial charge is 0.328 e. The number of thioether (sulfide) groups is 1. The van der Waals surface area contributed by atoms with E-state index in [1.165, 1.54) is 0 Å². The molecule has 0 saturated carbocycles. The van der Waals surface area contributed by atoms with Crippen LogP contribution in [0.1, 0.15) is 32.5 Å². The van der Waals surface area contributed by atoms with Gasteiger partial charge in [0.25, 0.3) is 0 Å². The summed E-state index contributed by atoms with van der Waals surface area (Å²) in [5.41, 5.74) is 3.30. The predicted molar refractivity (Wildman–Crippen MR) is 81.0 cm³/mol. The van der Waals surface area contributed by atoms with Gasteiger partial charge in [-0.25, -0.2) is 0 Å². The fourth-order valence-corrected chi connectivity index (χ4v) is 3.35. The van der Waals surface area contributed by atoms with Crippen LogP contribution in [-0.2, 0) is 13.5 Å². The Morgan fingerprint density at radius 1 is 1.44 bits per heavy atom. The second kappa shape index (κ2) is 5.48. The first-order valence-electron chi connectivity index (χ1n) is 6.33. The van der Waals surface area contributed by atoms with E-state index in [4.69, 9.17) is 12.2 Å². The van der Waals surface area contributed by atoms with Crippen molar-refractivity contribution in [3.05, 3.63) is 10.5 Å². The normalized spacial score (nSPS) is 13.3. The highest BCUT2D eigenvalue weighted by Gasteiger charge is 2.17. The summed E-state index contributed by atoms with van der Waals surface area (Å²) in [7, 11) is 1.99. The summed E-state index contributed by atoms with van der Waals surface area (Å²) in [6, 6.07) is 0.385. The highest BCUT2D eigenvalue weighted by molar-refractivity contribution is 7.99. The number of aromatic amines is 1. The van der Waals surface area contributed by atoms with Crippen LogP contribution in [0.4, 0.5) is 0 Å². The van der Waals surface area contributed by atoms with Crippen molar-refractivity contribution >= 4 is 35.1 Å². The number of nitrogens with zero attached hydrogens (tertiary/aromatic N) is 3. The van der Waals surface area contributed by atoms with Crippen molar-refractivity contribution in [2.45, 2.75) is 33.2 Å². The molecule has 0 fully saturated rings. The molecule has 2 rings (SSSR count). The monoisotopic (exact) mass is 284 g/mol. The molecule has 0 aromatic carbocycles. The molecule has 4 nitrogen and oxygen atoms in total. The van der Waals surface area contributed by atoms with Gasteiger partial charge in [0.1, 0.15) is 5.52 Å². The van der Waals surface area contributed by atoms with Gasteiger partial charge in [-0.3, -0.25) is 9.25 Å². The second-order valence-corrected chi connectivity index (χ2v) is 6.14. The molecule has 1 atom stereocenters. The van der Waals surface area contributed by atoms with Crippen LogP contribution >= 0.6 is 24.0 Å². The number of imidazole rings is 1. The molecule has 1 unspecified atom stereocenters. The van der Waals surface area contributed by atoms with Crippen molar-refractivity contribution in [1.82, 2.24) is 19.3 Å². The van der Waals surface area contributed by atoms with Gasteiger partial charge in [-0.2, -0.15) is 16.9 Å². The Morgan fingerprint density at radius 3 is 2.78 bits per heavy atom. The number of rotatable bonds is 5. The first kappa shape index (κ1) is 13.7. The van der Waals surface area contributed by atoms with Crippen LogP contribution in [0.2, 0.25) is 0 Å². The van der Waals surface area contributed by atoms with Gasteiger partial charge in [-0.15, -0.1) is 0 Å². The Balaban J connectivity index is 2.53. The second-order valence-electron chi connectivity index (χ2n) is 4.43. The number of H-pyrrole nitrogens is 1. The number of aromatic nitrogens is 4. The third-order valence-corrected chi connectivity index (χ3v) is 4.53. The molecule has 0 radical (unpaired) electrons.